The highest BCUT2D eigenvalue weighted by Gasteiger charge is 2.17. The molecule has 126 valence electrons. The number of nitrogen functional groups attached to an aromatic ring is 1. The zero-order valence-corrected chi connectivity index (χ0v) is 15.0. The molecule has 0 spiro atoms. The number of aryl methyl sites for hydroxylation is 1. The summed E-state index contributed by atoms with van der Waals surface area (Å²) in [6.45, 7) is 4.94. The van der Waals surface area contributed by atoms with Crippen molar-refractivity contribution >= 4 is 33.1 Å². The Balaban J connectivity index is 1.80. The summed E-state index contributed by atoms with van der Waals surface area (Å²) in [6.07, 6.45) is 10.4. The third-order valence-corrected chi connectivity index (χ3v) is 5.22. The molecule has 0 unspecified atom stereocenters. The molecule has 0 saturated heterocycles. The Kier molecular flexibility index (Phi) is 6.84. The van der Waals surface area contributed by atoms with E-state index >= 15 is 0 Å². The molecule has 2 heterocycles. The maximum atomic E-state index is 12.3. The van der Waals surface area contributed by atoms with Crippen molar-refractivity contribution in [3.05, 3.63) is 22.7 Å². The highest BCUT2D eigenvalue weighted by molar-refractivity contribution is 7.21. The lowest BCUT2D eigenvalue weighted by molar-refractivity contribution is 0.0958. The van der Waals surface area contributed by atoms with Crippen LogP contribution in [0.25, 0.3) is 10.2 Å². The molecule has 0 bridgehead atoms. The highest BCUT2D eigenvalue weighted by atomic mass is 32.1. The van der Waals surface area contributed by atoms with E-state index in [0.29, 0.717) is 17.1 Å². The van der Waals surface area contributed by atoms with Gasteiger partial charge in [-0.15, -0.1) is 11.3 Å². The van der Waals surface area contributed by atoms with Crippen LogP contribution in [0.3, 0.4) is 0 Å². The van der Waals surface area contributed by atoms with Crippen LogP contribution in [0.2, 0.25) is 0 Å². The van der Waals surface area contributed by atoms with Gasteiger partial charge in [0.15, 0.2) is 0 Å². The Morgan fingerprint density at radius 1 is 1.22 bits per heavy atom. The summed E-state index contributed by atoms with van der Waals surface area (Å²) < 4.78 is 0. The highest BCUT2D eigenvalue weighted by Crippen LogP contribution is 2.34. The number of carbonyl (C=O) groups excluding carboxylic acids is 1. The molecule has 5 heteroatoms. The summed E-state index contributed by atoms with van der Waals surface area (Å²) in [6, 6.07) is 1.92. The first-order chi connectivity index (χ1) is 11.1. The fraction of sp³-hybridized carbons (Fsp3) is 0.556. The minimum absolute atomic E-state index is 0.0733. The molecular weight excluding hydrogens is 306 g/mol. The van der Waals surface area contributed by atoms with Crippen molar-refractivity contribution in [2.24, 2.45) is 0 Å². The van der Waals surface area contributed by atoms with Crippen LogP contribution in [0.1, 0.15) is 67.1 Å². The van der Waals surface area contributed by atoms with Gasteiger partial charge in [0.05, 0.1) is 5.69 Å². The number of fused-ring (bicyclic) bond motifs is 1. The lowest BCUT2D eigenvalue weighted by Crippen LogP contribution is -2.24. The molecule has 0 aromatic carbocycles. The van der Waals surface area contributed by atoms with Gasteiger partial charge >= 0.3 is 0 Å². The van der Waals surface area contributed by atoms with E-state index in [4.69, 9.17) is 5.73 Å². The zero-order chi connectivity index (χ0) is 16.7. The second-order valence-corrected chi connectivity index (χ2v) is 7.03. The molecule has 2 rings (SSSR count). The van der Waals surface area contributed by atoms with Crippen molar-refractivity contribution in [2.45, 2.75) is 58.8 Å². The Hall–Kier alpha value is -1.62. The van der Waals surface area contributed by atoms with Crippen LogP contribution in [0.4, 0.5) is 5.69 Å². The standard InChI is InChI=1S/C18H27N3OS/c1-3-4-5-6-7-8-9-11-20-17(22)16-15(19)14-13(2)10-12-21-18(14)23-16/h10,12H,3-9,11,19H2,1-2H3,(H,20,22). The maximum Gasteiger partial charge on any atom is 0.263 e. The van der Waals surface area contributed by atoms with E-state index in [9.17, 15) is 4.79 Å². The number of aromatic nitrogens is 1. The van der Waals surface area contributed by atoms with Crippen molar-refractivity contribution in [3.63, 3.8) is 0 Å². The Bertz CT molecular complexity index is 651. The van der Waals surface area contributed by atoms with Crippen molar-refractivity contribution in [1.82, 2.24) is 10.3 Å². The van der Waals surface area contributed by atoms with Crippen LogP contribution in [-0.2, 0) is 0 Å². The number of nitrogens with zero attached hydrogens (tertiary/aromatic N) is 1. The van der Waals surface area contributed by atoms with E-state index in [2.05, 4.69) is 17.2 Å². The van der Waals surface area contributed by atoms with E-state index in [1.165, 1.54) is 49.9 Å². The largest absolute Gasteiger partial charge is 0.397 e. The Morgan fingerprint density at radius 3 is 2.61 bits per heavy atom. The number of rotatable bonds is 9. The molecular formula is C18H27N3OS. The molecule has 0 atom stereocenters. The number of nitrogens with one attached hydrogen (secondary N) is 1. The van der Waals surface area contributed by atoms with Gasteiger partial charge in [-0.3, -0.25) is 4.79 Å². The van der Waals surface area contributed by atoms with Gasteiger partial charge in [0, 0.05) is 18.1 Å². The van der Waals surface area contributed by atoms with Crippen molar-refractivity contribution in [3.8, 4) is 0 Å². The first kappa shape index (κ1) is 17.7. The molecule has 2 aromatic rings. The molecule has 0 aliphatic heterocycles. The van der Waals surface area contributed by atoms with Gasteiger partial charge in [-0.25, -0.2) is 4.98 Å². The summed E-state index contributed by atoms with van der Waals surface area (Å²) in [7, 11) is 0. The van der Waals surface area contributed by atoms with Crippen LogP contribution in [0, 0.1) is 6.92 Å². The smallest absolute Gasteiger partial charge is 0.263 e. The van der Waals surface area contributed by atoms with Crippen molar-refractivity contribution in [2.75, 3.05) is 12.3 Å². The second kappa shape index (κ2) is 8.87. The van der Waals surface area contributed by atoms with E-state index in [1.54, 1.807) is 6.20 Å². The summed E-state index contributed by atoms with van der Waals surface area (Å²) in [5, 5.41) is 3.90. The number of unbranched alkanes of at least 4 members (excludes halogenated alkanes) is 6. The number of hydrogen-bond acceptors (Lipinski definition) is 4. The van der Waals surface area contributed by atoms with Crippen LogP contribution >= 0.6 is 11.3 Å². The quantitative estimate of drug-likeness (QED) is 0.655. The zero-order valence-electron chi connectivity index (χ0n) is 14.2. The molecule has 3 N–H and O–H groups in total. The minimum Gasteiger partial charge on any atom is -0.397 e. The van der Waals surface area contributed by atoms with Gasteiger partial charge in [0.25, 0.3) is 5.91 Å². The van der Waals surface area contributed by atoms with E-state index in [-0.39, 0.29) is 5.91 Å². The van der Waals surface area contributed by atoms with Crippen LogP contribution in [0.5, 0.6) is 0 Å². The Morgan fingerprint density at radius 2 is 1.91 bits per heavy atom. The van der Waals surface area contributed by atoms with E-state index in [1.807, 2.05) is 13.0 Å². The lowest BCUT2D eigenvalue weighted by Gasteiger charge is -2.05. The van der Waals surface area contributed by atoms with Crippen LogP contribution < -0.4 is 11.1 Å². The number of carbonyl (C=O) groups is 1. The molecule has 0 saturated carbocycles. The number of thiophene rings is 1. The number of anilines is 1. The van der Waals surface area contributed by atoms with E-state index in [0.717, 1.165) is 22.2 Å². The third kappa shape index (κ3) is 4.67. The normalized spacial score (nSPS) is 11.0. The summed E-state index contributed by atoms with van der Waals surface area (Å²) in [5.41, 5.74) is 7.78. The van der Waals surface area contributed by atoms with Gasteiger partial charge in [-0.2, -0.15) is 0 Å². The maximum absolute atomic E-state index is 12.3. The first-order valence-electron chi connectivity index (χ1n) is 8.57. The van der Waals surface area contributed by atoms with Gasteiger partial charge in [-0.05, 0) is 25.0 Å². The minimum atomic E-state index is -0.0733. The topological polar surface area (TPSA) is 68.0 Å². The fourth-order valence-corrected chi connectivity index (χ4v) is 3.79. The van der Waals surface area contributed by atoms with Crippen LogP contribution in [0.15, 0.2) is 12.3 Å². The SMILES string of the molecule is CCCCCCCCCNC(=O)c1sc2nccc(C)c2c1N. The van der Waals surface area contributed by atoms with E-state index < -0.39 is 0 Å². The summed E-state index contributed by atoms with van der Waals surface area (Å²) in [4.78, 5) is 18.0. The van der Waals surface area contributed by atoms with Gasteiger partial charge in [0.1, 0.15) is 9.71 Å². The second-order valence-electron chi connectivity index (χ2n) is 6.03. The summed E-state index contributed by atoms with van der Waals surface area (Å²) >= 11 is 1.38. The first-order valence-corrected chi connectivity index (χ1v) is 9.38. The number of hydrogen-bond donors (Lipinski definition) is 2. The number of amides is 1. The van der Waals surface area contributed by atoms with Gasteiger partial charge < -0.3 is 11.1 Å². The predicted molar refractivity (Wildman–Crippen MR) is 99.1 cm³/mol. The average molecular weight is 334 g/mol. The van der Waals surface area contributed by atoms with Gasteiger partial charge in [-0.1, -0.05) is 45.4 Å². The fourth-order valence-electron chi connectivity index (χ4n) is 2.74. The molecule has 0 aliphatic carbocycles. The number of nitrogens with two attached hydrogens (primary N) is 1. The lowest BCUT2D eigenvalue weighted by atomic mass is 10.1. The van der Waals surface area contributed by atoms with Gasteiger partial charge in [0.2, 0.25) is 0 Å². The molecule has 1 amide bonds. The molecule has 4 nitrogen and oxygen atoms in total. The third-order valence-electron chi connectivity index (χ3n) is 4.11. The summed E-state index contributed by atoms with van der Waals surface area (Å²) in [5.74, 6) is -0.0733. The molecule has 2 aromatic heterocycles. The average Bonchev–Trinajstić information content (AvgIpc) is 2.88. The molecule has 0 radical (unpaired) electrons. The molecule has 0 aliphatic rings. The van der Waals surface area contributed by atoms with Crippen LogP contribution in [-0.4, -0.2) is 17.4 Å². The van der Waals surface area contributed by atoms with Crippen molar-refractivity contribution in [1.29, 1.82) is 0 Å². The predicted octanol–water partition coefficient (Wildman–Crippen LogP) is 4.67. The number of pyridine rings is 1. The molecule has 0 fully saturated rings. The monoisotopic (exact) mass is 333 g/mol. The Labute approximate surface area is 142 Å². The van der Waals surface area contributed by atoms with Crippen molar-refractivity contribution < 1.29 is 4.79 Å². The molecule has 23 heavy (non-hydrogen) atoms.